The van der Waals surface area contributed by atoms with E-state index >= 15 is 0 Å². The maximum atomic E-state index is 13.2. The molecule has 0 spiro atoms. The summed E-state index contributed by atoms with van der Waals surface area (Å²) in [7, 11) is 1.44. The molecule has 2 unspecified atom stereocenters. The Labute approximate surface area is 246 Å². The molecule has 4 atom stereocenters. The monoisotopic (exact) mass is 584 g/mol. The maximum absolute atomic E-state index is 13.2. The summed E-state index contributed by atoms with van der Waals surface area (Å²) in [5, 5.41) is 25.6. The summed E-state index contributed by atoms with van der Waals surface area (Å²) in [4.78, 5) is 29.2. The number of carbonyl (C=O) groups excluding carboxylic acids is 1. The van der Waals surface area contributed by atoms with Crippen LogP contribution in [0.5, 0.6) is 5.75 Å². The Hall–Kier alpha value is -4.48. The number of nitrogens with one attached hydrogen (secondary N) is 2. The molecule has 1 aliphatic heterocycles. The average Bonchev–Trinajstić information content (AvgIpc) is 3.43. The van der Waals surface area contributed by atoms with Gasteiger partial charge in [-0.2, -0.15) is 0 Å². The smallest absolute Gasteiger partial charge is 0.360 e. The van der Waals surface area contributed by atoms with Crippen LogP contribution in [0.4, 0.5) is 5.69 Å². The van der Waals surface area contributed by atoms with Crippen LogP contribution in [0.2, 0.25) is 0 Å². The first kappa shape index (κ1) is 28.6. The van der Waals surface area contributed by atoms with Crippen LogP contribution >= 0.6 is 0 Å². The molecule has 3 aromatic carbocycles. The fourth-order valence-corrected chi connectivity index (χ4v) is 5.60. The number of anilines is 1. The SMILES string of the molecule is CO[C@@H]1C(O)[C@H](O)C(Oc2ccc3cc(NC(=O)c4cc5ccccc5[nH]4)c(=O)oc3c2Cc2ccccc2)OC1(C)C. The number of methoxy groups -OCH3 is 1. The molecule has 3 heterocycles. The Balaban J connectivity index is 1.36. The van der Waals surface area contributed by atoms with Gasteiger partial charge in [-0.1, -0.05) is 48.5 Å². The minimum absolute atomic E-state index is 0.0167. The van der Waals surface area contributed by atoms with Gasteiger partial charge in [0.2, 0.25) is 6.29 Å². The van der Waals surface area contributed by atoms with Gasteiger partial charge in [0.1, 0.15) is 41.0 Å². The van der Waals surface area contributed by atoms with Gasteiger partial charge in [-0.25, -0.2) is 4.79 Å². The lowest BCUT2D eigenvalue weighted by Gasteiger charge is -2.46. The van der Waals surface area contributed by atoms with E-state index in [1.807, 2.05) is 54.6 Å². The summed E-state index contributed by atoms with van der Waals surface area (Å²) >= 11 is 0. The molecule has 0 saturated carbocycles. The summed E-state index contributed by atoms with van der Waals surface area (Å²) in [5.41, 5.74) is 1.09. The molecule has 1 saturated heterocycles. The van der Waals surface area contributed by atoms with E-state index in [0.29, 0.717) is 28.8 Å². The second kappa shape index (κ2) is 11.3. The fraction of sp³-hybridized carbons (Fsp3) is 0.273. The molecule has 5 aromatic rings. The van der Waals surface area contributed by atoms with Crippen LogP contribution in [0.1, 0.15) is 35.5 Å². The Morgan fingerprint density at radius 3 is 2.47 bits per heavy atom. The Morgan fingerprint density at radius 2 is 1.72 bits per heavy atom. The first-order chi connectivity index (χ1) is 20.6. The molecule has 2 aromatic heterocycles. The number of aliphatic hydroxyl groups is 2. The zero-order chi connectivity index (χ0) is 30.3. The van der Waals surface area contributed by atoms with Gasteiger partial charge >= 0.3 is 5.63 Å². The molecule has 0 aliphatic carbocycles. The molecule has 1 fully saturated rings. The van der Waals surface area contributed by atoms with E-state index in [1.165, 1.54) is 7.11 Å². The van der Waals surface area contributed by atoms with Gasteiger partial charge in [-0.15, -0.1) is 0 Å². The third-order valence-corrected chi connectivity index (χ3v) is 7.75. The number of aromatic amines is 1. The van der Waals surface area contributed by atoms with Crippen LogP contribution in [0.25, 0.3) is 21.9 Å². The van der Waals surface area contributed by atoms with Gasteiger partial charge in [0.05, 0.1) is 5.60 Å². The minimum atomic E-state index is -1.41. The summed E-state index contributed by atoms with van der Waals surface area (Å²) in [5.74, 6) is -0.177. The van der Waals surface area contributed by atoms with Gasteiger partial charge in [0.15, 0.2) is 0 Å². The summed E-state index contributed by atoms with van der Waals surface area (Å²) in [6.45, 7) is 3.48. The largest absolute Gasteiger partial charge is 0.462 e. The first-order valence-electron chi connectivity index (χ1n) is 13.9. The highest BCUT2D eigenvalue weighted by atomic mass is 16.7. The highest BCUT2D eigenvalue weighted by Crippen LogP contribution is 2.36. The minimum Gasteiger partial charge on any atom is -0.462 e. The van der Waals surface area contributed by atoms with Crippen LogP contribution < -0.4 is 15.7 Å². The number of hydrogen-bond acceptors (Lipinski definition) is 8. The number of carbonyl (C=O) groups is 1. The van der Waals surface area contributed by atoms with E-state index in [2.05, 4.69) is 10.3 Å². The van der Waals surface area contributed by atoms with Gasteiger partial charge in [-0.3, -0.25) is 4.79 Å². The molecule has 43 heavy (non-hydrogen) atoms. The molecular formula is C33H32N2O8. The second-order valence-corrected chi connectivity index (χ2v) is 11.1. The molecule has 4 N–H and O–H groups in total. The summed E-state index contributed by atoms with van der Waals surface area (Å²) < 4.78 is 23.4. The number of amides is 1. The van der Waals surface area contributed by atoms with E-state index in [0.717, 1.165) is 16.5 Å². The Kier molecular flexibility index (Phi) is 7.53. The van der Waals surface area contributed by atoms with E-state index in [4.69, 9.17) is 18.6 Å². The number of aliphatic hydroxyl groups excluding tert-OH is 2. The fourth-order valence-electron chi connectivity index (χ4n) is 5.60. The lowest BCUT2D eigenvalue weighted by molar-refractivity contribution is -0.306. The van der Waals surface area contributed by atoms with Crippen LogP contribution in [0, 0.1) is 0 Å². The van der Waals surface area contributed by atoms with Crippen LogP contribution in [-0.4, -0.2) is 58.4 Å². The van der Waals surface area contributed by atoms with Crippen molar-refractivity contribution in [3.05, 3.63) is 106 Å². The quantitative estimate of drug-likeness (QED) is 0.207. The molecule has 0 bridgehead atoms. The van der Waals surface area contributed by atoms with Crippen molar-refractivity contribution in [2.24, 2.45) is 0 Å². The molecule has 10 heteroatoms. The molecule has 1 aliphatic rings. The van der Waals surface area contributed by atoms with Gasteiger partial charge < -0.3 is 39.1 Å². The number of aromatic nitrogens is 1. The van der Waals surface area contributed by atoms with Crippen molar-refractivity contribution < 1.29 is 33.6 Å². The third kappa shape index (κ3) is 5.53. The van der Waals surface area contributed by atoms with E-state index in [-0.39, 0.29) is 11.3 Å². The van der Waals surface area contributed by atoms with Crippen LogP contribution in [0.3, 0.4) is 0 Å². The van der Waals surface area contributed by atoms with Crippen molar-refractivity contribution in [1.82, 2.24) is 4.98 Å². The number of para-hydroxylation sites is 1. The normalized spacial score (nSPS) is 21.6. The second-order valence-electron chi connectivity index (χ2n) is 11.1. The van der Waals surface area contributed by atoms with Gasteiger partial charge in [-0.05, 0) is 49.7 Å². The number of rotatable bonds is 7. The molecule has 0 radical (unpaired) electrons. The molecule has 1 amide bonds. The van der Waals surface area contributed by atoms with Crippen molar-refractivity contribution >= 4 is 33.5 Å². The molecule has 222 valence electrons. The number of fused-ring (bicyclic) bond motifs is 2. The predicted octanol–water partition coefficient (Wildman–Crippen LogP) is 4.37. The Bertz CT molecular complexity index is 1810. The number of hydrogen-bond donors (Lipinski definition) is 4. The van der Waals surface area contributed by atoms with Crippen LogP contribution in [-0.2, 0) is 15.9 Å². The van der Waals surface area contributed by atoms with E-state index < -0.39 is 41.7 Å². The lowest BCUT2D eigenvalue weighted by Crippen LogP contribution is -2.63. The van der Waals surface area contributed by atoms with E-state index in [9.17, 15) is 19.8 Å². The van der Waals surface area contributed by atoms with Gasteiger partial charge in [0, 0.05) is 35.4 Å². The Morgan fingerprint density at radius 1 is 0.977 bits per heavy atom. The van der Waals surface area contributed by atoms with Gasteiger partial charge in [0.25, 0.3) is 5.91 Å². The molecular weight excluding hydrogens is 552 g/mol. The maximum Gasteiger partial charge on any atom is 0.360 e. The topological polar surface area (TPSA) is 143 Å². The summed E-state index contributed by atoms with van der Waals surface area (Å²) in [6, 6.07) is 23.7. The lowest BCUT2D eigenvalue weighted by atomic mass is 9.89. The van der Waals surface area contributed by atoms with Crippen molar-refractivity contribution in [2.75, 3.05) is 12.4 Å². The standard InChI is InChI=1S/C33H32N2O8/c1-33(2)29(40-3)26(36)27(37)32(43-33)41-25-14-13-20-17-24(35-30(38)23-16-19-11-7-8-12-22(19)34-23)31(39)42-28(20)21(25)15-18-9-5-4-6-10-18/h4-14,16-17,26-27,29,32,34,36-37H,15H2,1-3H3,(H,35,38)/t26?,27-,29+,32?/m0/s1. The predicted molar refractivity (Wildman–Crippen MR) is 160 cm³/mol. The van der Waals surface area contributed by atoms with Crippen LogP contribution in [0.15, 0.2) is 88.1 Å². The van der Waals surface area contributed by atoms with Crippen molar-refractivity contribution in [2.45, 2.75) is 50.5 Å². The number of benzene rings is 3. The highest BCUT2D eigenvalue weighted by molar-refractivity contribution is 6.06. The number of H-pyrrole nitrogens is 1. The number of ether oxygens (including phenoxy) is 3. The van der Waals surface area contributed by atoms with Crippen molar-refractivity contribution in [3.63, 3.8) is 0 Å². The van der Waals surface area contributed by atoms with E-state index in [1.54, 1.807) is 38.1 Å². The van der Waals surface area contributed by atoms with Crippen molar-refractivity contribution in [3.8, 4) is 5.75 Å². The third-order valence-electron chi connectivity index (χ3n) is 7.75. The zero-order valence-electron chi connectivity index (χ0n) is 23.9. The first-order valence-corrected chi connectivity index (χ1v) is 13.9. The molecule has 6 rings (SSSR count). The highest BCUT2D eigenvalue weighted by Gasteiger charge is 2.50. The van der Waals surface area contributed by atoms with Crippen molar-refractivity contribution in [1.29, 1.82) is 0 Å². The summed E-state index contributed by atoms with van der Waals surface area (Å²) in [6.07, 6.45) is -4.36. The average molecular weight is 585 g/mol. The molecule has 10 nitrogen and oxygen atoms in total. The zero-order valence-corrected chi connectivity index (χ0v) is 23.9.